The van der Waals surface area contributed by atoms with E-state index in [0.29, 0.717) is 13.1 Å². The first-order valence-electron chi connectivity index (χ1n) is 9.36. The van der Waals surface area contributed by atoms with Crippen molar-refractivity contribution < 1.29 is 26.9 Å². The third-order valence-corrected chi connectivity index (χ3v) is 5.18. The van der Waals surface area contributed by atoms with Crippen LogP contribution in [0.5, 0.6) is 0 Å². The molecule has 1 N–H and O–H groups in total. The van der Waals surface area contributed by atoms with Gasteiger partial charge in [-0.3, -0.25) is 9.45 Å². The Morgan fingerprint density at radius 1 is 1.00 bits per heavy atom. The summed E-state index contributed by atoms with van der Waals surface area (Å²) in [6, 6.07) is 0.881. The van der Waals surface area contributed by atoms with E-state index >= 15 is 0 Å². The predicted molar refractivity (Wildman–Crippen MR) is 115 cm³/mol. The molecule has 0 aromatic rings. The van der Waals surface area contributed by atoms with Gasteiger partial charge in [0.15, 0.2) is 9.76 Å². The van der Waals surface area contributed by atoms with Crippen molar-refractivity contribution in [1.29, 1.82) is 0 Å². The Hall–Kier alpha value is 0.967. The van der Waals surface area contributed by atoms with Crippen LogP contribution in [0.1, 0.15) is 67.7 Å². The van der Waals surface area contributed by atoms with E-state index in [1.807, 2.05) is 41.5 Å². The Labute approximate surface area is 190 Å². The summed E-state index contributed by atoms with van der Waals surface area (Å²) in [5, 5.41) is 0. The summed E-state index contributed by atoms with van der Waals surface area (Å²) in [4.78, 5) is 1.78. The molecule has 0 saturated carbocycles. The van der Waals surface area contributed by atoms with E-state index in [-0.39, 0.29) is 46.6 Å². The molecule has 0 unspecified atom stereocenters. The van der Waals surface area contributed by atoms with Crippen molar-refractivity contribution in [2.24, 2.45) is 0 Å². The Morgan fingerprint density at radius 2 is 1.48 bits per heavy atom. The van der Waals surface area contributed by atoms with E-state index in [1.54, 1.807) is 4.90 Å². The van der Waals surface area contributed by atoms with E-state index in [0.717, 1.165) is 25.3 Å². The molecule has 0 radical (unpaired) electrons. The molecule has 0 spiro atoms. The number of hydrogen-bond donors (Lipinski definition) is 1. The Kier molecular flexibility index (Phi) is 15.7. The van der Waals surface area contributed by atoms with Gasteiger partial charge in [0.1, 0.15) is 5.88 Å². The monoisotopic (exact) mass is 437 g/mol. The SMILES string of the molecule is CCCCN(CCC[SiH2]OC(OC(C)(C)C)OC(C)(C)C)CS(=O)(=O)O.[NaH]. The summed E-state index contributed by atoms with van der Waals surface area (Å²) in [5.74, 6) is -0.307. The average molecular weight is 438 g/mol. The van der Waals surface area contributed by atoms with E-state index in [2.05, 4.69) is 6.92 Å². The zero-order valence-corrected chi connectivity index (χ0v) is 19.8. The number of rotatable bonds is 13. The summed E-state index contributed by atoms with van der Waals surface area (Å²) in [6.45, 7) is 14.4. The Bertz CT molecular complexity index is 463. The van der Waals surface area contributed by atoms with E-state index in [4.69, 9.17) is 18.5 Å². The fraction of sp³-hybridized carbons (Fsp3) is 1.00. The molecule has 0 aliphatic heterocycles. The molecule has 160 valence electrons. The van der Waals surface area contributed by atoms with Crippen LogP contribution < -0.4 is 0 Å². The third-order valence-electron chi connectivity index (χ3n) is 3.20. The van der Waals surface area contributed by atoms with Crippen LogP contribution >= 0.6 is 0 Å². The molecule has 0 saturated heterocycles. The molecule has 0 aliphatic carbocycles. The van der Waals surface area contributed by atoms with Gasteiger partial charge >= 0.3 is 29.6 Å². The van der Waals surface area contributed by atoms with Crippen LogP contribution in [0.15, 0.2) is 0 Å². The topological polar surface area (TPSA) is 85.3 Å². The van der Waals surface area contributed by atoms with Gasteiger partial charge in [0, 0.05) is 0 Å². The van der Waals surface area contributed by atoms with Crippen LogP contribution in [0.4, 0.5) is 0 Å². The van der Waals surface area contributed by atoms with Gasteiger partial charge < -0.3 is 13.9 Å². The first-order valence-corrected chi connectivity index (χ1v) is 12.6. The summed E-state index contributed by atoms with van der Waals surface area (Å²) in [5.41, 5.74) is -0.729. The molecule has 27 heavy (non-hydrogen) atoms. The molecule has 0 amide bonds. The number of unbranched alkanes of at least 4 members (excludes halogenated alkanes) is 1. The molecule has 0 aromatic carbocycles. The van der Waals surface area contributed by atoms with Gasteiger partial charge in [-0.15, -0.1) is 0 Å². The van der Waals surface area contributed by atoms with Crippen LogP contribution in [0, 0.1) is 0 Å². The van der Waals surface area contributed by atoms with Crippen molar-refractivity contribution in [1.82, 2.24) is 4.90 Å². The molecule has 0 atom stereocenters. The van der Waals surface area contributed by atoms with Gasteiger partial charge in [-0.1, -0.05) is 13.3 Å². The Balaban J connectivity index is 0. The summed E-state index contributed by atoms with van der Waals surface area (Å²) < 4.78 is 48.8. The normalized spacial score (nSPS) is 13.7. The van der Waals surface area contributed by atoms with Gasteiger partial charge in [-0.25, -0.2) is 0 Å². The summed E-state index contributed by atoms with van der Waals surface area (Å²) in [6.07, 6.45) is 2.71. The maximum atomic E-state index is 11.1. The number of nitrogens with zero attached hydrogens (tertiary/aromatic N) is 1. The van der Waals surface area contributed by atoms with Gasteiger partial charge in [0.25, 0.3) is 16.6 Å². The minimum absolute atomic E-state index is 0. The van der Waals surface area contributed by atoms with E-state index < -0.39 is 26.4 Å². The van der Waals surface area contributed by atoms with Gasteiger partial charge in [-0.05, 0) is 73.5 Å². The Morgan fingerprint density at radius 3 is 1.89 bits per heavy atom. The number of hydrogen-bond acceptors (Lipinski definition) is 6. The maximum absolute atomic E-state index is 11.1. The fourth-order valence-corrected chi connectivity index (χ4v) is 3.78. The quantitative estimate of drug-likeness (QED) is 0.204. The van der Waals surface area contributed by atoms with E-state index in [9.17, 15) is 8.42 Å². The third kappa shape index (κ3) is 21.5. The average Bonchev–Trinajstić information content (AvgIpc) is 2.38. The zero-order chi connectivity index (χ0) is 20.4. The first kappa shape index (κ1) is 30.2. The van der Waals surface area contributed by atoms with Gasteiger partial charge in [0.05, 0.1) is 11.2 Å². The standard InChI is InChI=1S/C17H39NO6SSi.Na.H/c1-8-9-11-18(14-25(19,20)21)12-10-13-26-24-15(22-16(2,3)4)23-17(5,6)7;;/h15H,8-14,26H2,1-7H3,(H,19,20,21);;. The van der Waals surface area contributed by atoms with Gasteiger partial charge in [0.2, 0.25) is 0 Å². The molecule has 10 heteroatoms. The van der Waals surface area contributed by atoms with Crippen LogP contribution in [0.25, 0.3) is 0 Å². The second kappa shape index (κ2) is 14.1. The summed E-state index contributed by atoms with van der Waals surface area (Å²) >= 11 is 0. The van der Waals surface area contributed by atoms with Crippen LogP contribution in [0.3, 0.4) is 0 Å². The number of ether oxygens (including phenoxy) is 2. The minimum atomic E-state index is -3.98. The molecule has 0 bridgehead atoms. The fourth-order valence-electron chi connectivity index (χ4n) is 2.14. The molecule has 0 aromatic heterocycles. The first-order chi connectivity index (χ1) is 11.7. The van der Waals surface area contributed by atoms with Crippen molar-refractivity contribution in [3.63, 3.8) is 0 Å². The molecular formula is C17H40NNaO6SSi. The van der Waals surface area contributed by atoms with Crippen molar-refractivity contribution in [2.75, 3.05) is 19.0 Å². The zero-order valence-electron chi connectivity index (χ0n) is 17.6. The van der Waals surface area contributed by atoms with Crippen LogP contribution in [-0.2, 0) is 24.0 Å². The van der Waals surface area contributed by atoms with Crippen LogP contribution in [0.2, 0.25) is 6.04 Å². The summed E-state index contributed by atoms with van der Waals surface area (Å²) in [7, 11) is -4.85. The molecular weight excluding hydrogens is 397 g/mol. The van der Waals surface area contributed by atoms with Crippen molar-refractivity contribution in [3.8, 4) is 0 Å². The van der Waals surface area contributed by atoms with Crippen molar-refractivity contribution in [3.05, 3.63) is 0 Å². The predicted octanol–water partition coefficient (Wildman–Crippen LogP) is 2.11. The second-order valence-corrected chi connectivity index (χ2v) is 11.4. The van der Waals surface area contributed by atoms with Crippen molar-refractivity contribution >= 4 is 49.4 Å². The van der Waals surface area contributed by atoms with Gasteiger partial charge in [-0.2, -0.15) is 8.42 Å². The van der Waals surface area contributed by atoms with Crippen LogP contribution in [-0.4, -0.2) is 93.8 Å². The molecule has 0 aliphatic rings. The van der Waals surface area contributed by atoms with E-state index in [1.165, 1.54) is 0 Å². The molecule has 0 fully saturated rings. The molecule has 0 rings (SSSR count). The van der Waals surface area contributed by atoms with Crippen molar-refractivity contribution in [2.45, 2.75) is 91.5 Å². The second-order valence-electron chi connectivity index (χ2n) is 8.51. The molecule has 0 heterocycles. The molecule has 7 nitrogen and oxygen atoms in total.